The summed E-state index contributed by atoms with van der Waals surface area (Å²) in [6, 6.07) is 1.73. The Bertz CT molecular complexity index is 550. The monoisotopic (exact) mass is 330 g/mol. The number of halogens is 1. The Morgan fingerprint density at radius 1 is 1.43 bits per heavy atom. The summed E-state index contributed by atoms with van der Waals surface area (Å²) in [6.07, 6.45) is 0. The highest BCUT2D eigenvalue weighted by molar-refractivity contribution is 7.12. The number of nitrogens with zero attached hydrogens (tertiary/aromatic N) is 3. The van der Waals surface area contributed by atoms with E-state index in [9.17, 15) is 4.79 Å². The molecule has 0 radical (unpaired) electrons. The fourth-order valence-electron chi connectivity index (χ4n) is 2.34. The molecule has 2 rings (SSSR count). The minimum Gasteiger partial charge on any atom is -0.409 e. The first kappa shape index (κ1) is 16.1. The van der Waals surface area contributed by atoms with Crippen LogP contribution in [-0.4, -0.2) is 58.5 Å². The van der Waals surface area contributed by atoms with Gasteiger partial charge in [0.05, 0.1) is 10.6 Å². The molecule has 6 nitrogen and oxygen atoms in total. The lowest BCUT2D eigenvalue weighted by Gasteiger charge is -2.43. The van der Waals surface area contributed by atoms with Gasteiger partial charge < -0.3 is 15.8 Å². The van der Waals surface area contributed by atoms with Crippen LogP contribution in [0.3, 0.4) is 0 Å². The second kappa shape index (κ2) is 6.21. The zero-order chi connectivity index (χ0) is 15.6. The molecular weight excluding hydrogens is 312 g/mol. The normalized spacial score (nSPS) is 18.0. The van der Waals surface area contributed by atoms with Gasteiger partial charge >= 0.3 is 0 Å². The topological polar surface area (TPSA) is 82.2 Å². The number of thiophene rings is 1. The van der Waals surface area contributed by atoms with Crippen LogP contribution in [-0.2, 0) is 0 Å². The van der Waals surface area contributed by atoms with Crippen LogP contribution in [0.2, 0.25) is 5.02 Å². The summed E-state index contributed by atoms with van der Waals surface area (Å²) in [5.74, 6) is 0.139. The summed E-state index contributed by atoms with van der Waals surface area (Å²) < 4.78 is 0. The van der Waals surface area contributed by atoms with Crippen molar-refractivity contribution in [3.63, 3.8) is 0 Å². The van der Waals surface area contributed by atoms with Crippen molar-refractivity contribution in [1.29, 1.82) is 0 Å². The van der Waals surface area contributed by atoms with Gasteiger partial charge in [0.2, 0.25) is 0 Å². The number of piperazine rings is 1. The smallest absolute Gasteiger partial charge is 0.265 e. The van der Waals surface area contributed by atoms with Crippen molar-refractivity contribution < 1.29 is 10.0 Å². The third-order valence-electron chi connectivity index (χ3n) is 3.90. The van der Waals surface area contributed by atoms with Crippen molar-refractivity contribution in [2.75, 3.05) is 26.2 Å². The molecule has 1 amide bonds. The maximum absolute atomic E-state index is 12.4. The second-order valence-electron chi connectivity index (χ2n) is 5.42. The molecule has 1 aromatic heterocycles. The van der Waals surface area contributed by atoms with Crippen molar-refractivity contribution in [3.05, 3.63) is 21.3 Å². The molecule has 8 heteroatoms. The molecule has 0 bridgehead atoms. The Balaban J connectivity index is 2.01. The van der Waals surface area contributed by atoms with E-state index >= 15 is 0 Å². The molecule has 2 heterocycles. The van der Waals surface area contributed by atoms with E-state index in [0.29, 0.717) is 36.1 Å². The predicted octanol–water partition coefficient (Wildman–Crippen LogP) is 1.68. The molecule has 0 unspecified atom stereocenters. The Kier molecular flexibility index (Phi) is 4.75. The zero-order valence-electron chi connectivity index (χ0n) is 12.0. The summed E-state index contributed by atoms with van der Waals surface area (Å²) in [7, 11) is 0. The maximum Gasteiger partial charge on any atom is 0.265 e. The van der Waals surface area contributed by atoms with Crippen LogP contribution in [0.5, 0.6) is 0 Å². The van der Waals surface area contributed by atoms with Gasteiger partial charge in [-0.25, -0.2) is 0 Å². The van der Waals surface area contributed by atoms with Crippen molar-refractivity contribution >= 4 is 34.7 Å². The van der Waals surface area contributed by atoms with E-state index in [2.05, 4.69) is 10.1 Å². The van der Waals surface area contributed by atoms with Crippen LogP contribution in [0.15, 0.2) is 16.6 Å². The molecule has 1 fully saturated rings. The summed E-state index contributed by atoms with van der Waals surface area (Å²) in [5, 5.41) is 14.3. The molecule has 3 N–H and O–H groups in total. The highest BCUT2D eigenvalue weighted by Gasteiger charge is 2.35. The van der Waals surface area contributed by atoms with E-state index in [1.807, 2.05) is 19.2 Å². The lowest BCUT2D eigenvalue weighted by Crippen LogP contribution is -2.60. The van der Waals surface area contributed by atoms with Gasteiger partial charge in [-0.2, -0.15) is 0 Å². The Morgan fingerprint density at radius 2 is 2.05 bits per heavy atom. The quantitative estimate of drug-likeness (QED) is 0.382. The Morgan fingerprint density at radius 3 is 2.52 bits per heavy atom. The van der Waals surface area contributed by atoms with E-state index < -0.39 is 5.54 Å². The Labute approximate surface area is 132 Å². The highest BCUT2D eigenvalue weighted by Crippen LogP contribution is 2.25. The summed E-state index contributed by atoms with van der Waals surface area (Å²) in [4.78, 5) is 16.8. The number of hydrogen-bond acceptors (Lipinski definition) is 5. The van der Waals surface area contributed by atoms with E-state index in [1.165, 1.54) is 11.3 Å². The molecule has 1 aromatic rings. The number of amidine groups is 1. The zero-order valence-corrected chi connectivity index (χ0v) is 13.6. The van der Waals surface area contributed by atoms with Crippen LogP contribution in [0.1, 0.15) is 23.5 Å². The SMILES string of the molecule is CC(C)(/C(N)=N/O)N1CCN(C(=O)c2sccc2Cl)CC1. The van der Waals surface area contributed by atoms with Crippen molar-refractivity contribution in [3.8, 4) is 0 Å². The maximum atomic E-state index is 12.4. The third kappa shape index (κ3) is 3.14. The van der Waals surface area contributed by atoms with E-state index in [1.54, 1.807) is 11.0 Å². The minimum atomic E-state index is -0.537. The van der Waals surface area contributed by atoms with Gasteiger partial charge in [-0.3, -0.25) is 9.69 Å². The molecule has 0 aromatic carbocycles. The number of rotatable bonds is 3. The highest BCUT2D eigenvalue weighted by atomic mass is 35.5. The molecule has 0 aliphatic carbocycles. The first-order valence-corrected chi connectivity index (χ1v) is 7.89. The fourth-order valence-corrected chi connectivity index (χ4v) is 3.45. The molecule has 0 atom stereocenters. The lowest BCUT2D eigenvalue weighted by molar-refractivity contribution is 0.0536. The molecule has 0 saturated carbocycles. The molecule has 116 valence electrons. The molecule has 1 aliphatic rings. The second-order valence-corrected chi connectivity index (χ2v) is 6.74. The van der Waals surface area contributed by atoms with Gasteiger partial charge in [0.15, 0.2) is 5.84 Å². The third-order valence-corrected chi connectivity index (χ3v) is 5.23. The standard InChI is InChI=1S/C13H19ClN4O2S/c1-13(2,12(15)16-20)18-6-4-17(5-7-18)11(19)10-9(14)3-8-21-10/h3,8,20H,4-7H2,1-2H3,(H2,15,16). The van der Waals surface area contributed by atoms with E-state index in [4.69, 9.17) is 22.5 Å². The van der Waals surface area contributed by atoms with Crippen molar-refractivity contribution in [2.24, 2.45) is 10.9 Å². The van der Waals surface area contributed by atoms with Gasteiger partial charge in [-0.1, -0.05) is 16.8 Å². The molecule has 1 aliphatic heterocycles. The van der Waals surface area contributed by atoms with Crippen molar-refractivity contribution in [1.82, 2.24) is 9.80 Å². The number of hydrogen-bond donors (Lipinski definition) is 2. The molecule has 1 saturated heterocycles. The van der Waals surface area contributed by atoms with Crippen LogP contribution in [0, 0.1) is 0 Å². The molecule has 21 heavy (non-hydrogen) atoms. The van der Waals surface area contributed by atoms with Crippen LogP contribution in [0.25, 0.3) is 0 Å². The van der Waals surface area contributed by atoms with E-state index in [-0.39, 0.29) is 11.7 Å². The first-order chi connectivity index (χ1) is 9.87. The fraction of sp³-hybridized carbons (Fsp3) is 0.538. The number of oxime groups is 1. The number of carbonyl (C=O) groups is 1. The van der Waals surface area contributed by atoms with Crippen LogP contribution in [0.4, 0.5) is 0 Å². The summed E-state index contributed by atoms with van der Waals surface area (Å²) in [5.41, 5.74) is 5.20. The average Bonchev–Trinajstić information content (AvgIpc) is 2.91. The van der Waals surface area contributed by atoms with E-state index in [0.717, 1.165) is 0 Å². The van der Waals surface area contributed by atoms with Gasteiger partial charge in [-0.15, -0.1) is 11.3 Å². The lowest BCUT2D eigenvalue weighted by atomic mass is 10.0. The number of nitrogens with two attached hydrogens (primary N) is 1. The Hall–Kier alpha value is -1.31. The molecular formula is C13H19ClN4O2S. The van der Waals surface area contributed by atoms with Crippen LogP contribution < -0.4 is 5.73 Å². The van der Waals surface area contributed by atoms with Crippen molar-refractivity contribution in [2.45, 2.75) is 19.4 Å². The summed E-state index contributed by atoms with van der Waals surface area (Å²) in [6.45, 7) is 6.31. The summed E-state index contributed by atoms with van der Waals surface area (Å²) >= 11 is 7.37. The van der Waals surface area contributed by atoms with Crippen LogP contribution >= 0.6 is 22.9 Å². The average molecular weight is 331 g/mol. The predicted molar refractivity (Wildman–Crippen MR) is 84.3 cm³/mol. The first-order valence-electron chi connectivity index (χ1n) is 6.63. The minimum absolute atomic E-state index is 0.0312. The van der Waals surface area contributed by atoms with Gasteiger partial charge in [0, 0.05) is 26.2 Å². The van der Waals surface area contributed by atoms with Gasteiger partial charge in [0.25, 0.3) is 5.91 Å². The molecule has 0 spiro atoms. The number of carbonyl (C=O) groups excluding carboxylic acids is 1. The largest absolute Gasteiger partial charge is 0.409 e. The number of amides is 1. The van der Waals surface area contributed by atoms with Gasteiger partial charge in [-0.05, 0) is 25.3 Å². The van der Waals surface area contributed by atoms with Gasteiger partial charge in [0.1, 0.15) is 4.88 Å².